The number of nitrogens with one attached hydrogen (secondary N) is 1. The molecule has 1 aliphatic heterocycles. The average molecular weight is 349 g/mol. The first-order chi connectivity index (χ1) is 9.96. The van der Waals surface area contributed by atoms with Crippen molar-refractivity contribution in [2.24, 2.45) is 0 Å². The van der Waals surface area contributed by atoms with Crippen LogP contribution in [-0.2, 0) is 10.0 Å². The summed E-state index contributed by atoms with van der Waals surface area (Å²) < 4.78 is 27.4. The zero-order chi connectivity index (χ0) is 15.0. The smallest absolute Gasteiger partial charge is 0.243 e. The van der Waals surface area contributed by atoms with Gasteiger partial charge in [-0.2, -0.15) is 4.31 Å². The molecule has 1 heterocycles. The molecule has 1 aliphatic carbocycles. The average Bonchev–Trinajstić information content (AvgIpc) is 3.11. The van der Waals surface area contributed by atoms with Gasteiger partial charge in [0, 0.05) is 28.7 Å². The van der Waals surface area contributed by atoms with E-state index in [-0.39, 0.29) is 17.0 Å². The van der Waals surface area contributed by atoms with Crippen LogP contribution in [0, 0.1) is 0 Å². The largest absolute Gasteiger partial charge is 0.313 e. The van der Waals surface area contributed by atoms with Gasteiger partial charge < -0.3 is 5.32 Å². The Hall–Kier alpha value is -0.330. The van der Waals surface area contributed by atoms with Gasteiger partial charge in [-0.05, 0) is 50.4 Å². The van der Waals surface area contributed by atoms with E-state index in [9.17, 15) is 8.42 Å². The van der Waals surface area contributed by atoms with E-state index in [1.165, 1.54) is 12.1 Å². The molecule has 1 atom stereocenters. The van der Waals surface area contributed by atoms with Crippen LogP contribution in [0.4, 0.5) is 0 Å². The Morgan fingerprint density at radius 3 is 2.33 bits per heavy atom. The molecule has 0 amide bonds. The molecule has 2 fully saturated rings. The molecular weight excluding hydrogens is 331 g/mol. The molecule has 1 saturated heterocycles. The standard InChI is InChI=1S/C14H18Cl2N2O2S/c15-10-6-11(16)8-14(7-10)21(19,20)18(13-3-4-13)9-12-2-1-5-17-12/h6-8,12-13,17H,1-5,9H2. The van der Waals surface area contributed by atoms with E-state index in [0.29, 0.717) is 16.6 Å². The molecule has 1 aromatic carbocycles. The summed E-state index contributed by atoms with van der Waals surface area (Å²) >= 11 is 11.9. The third kappa shape index (κ3) is 3.54. The van der Waals surface area contributed by atoms with Crippen LogP contribution in [0.3, 0.4) is 0 Å². The number of nitrogens with zero attached hydrogens (tertiary/aromatic N) is 1. The van der Waals surface area contributed by atoms with Crippen molar-refractivity contribution < 1.29 is 8.42 Å². The summed E-state index contributed by atoms with van der Waals surface area (Å²) in [6.07, 6.45) is 3.99. The summed E-state index contributed by atoms with van der Waals surface area (Å²) in [5, 5.41) is 4.04. The van der Waals surface area contributed by atoms with Gasteiger partial charge in [-0.15, -0.1) is 0 Å². The lowest BCUT2D eigenvalue weighted by atomic mass is 10.2. The molecule has 0 radical (unpaired) electrons. The molecule has 116 valence electrons. The van der Waals surface area contributed by atoms with Crippen molar-refractivity contribution in [1.29, 1.82) is 0 Å². The second-order valence-corrected chi connectivity index (χ2v) is 8.47. The highest BCUT2D eigenvalue weighted by molar-refractivity contribution is 7.89. The SMILES string of the molecule is O=S(=O)(c1cc(Cl)cc(Cl)c1)N(CC1CCCN1)C1CC1. The molecule has 21 heavy (non-hydrogen) atoms. The van der Waals surface area contributed by atoms with Gasteiger partial charge in [0.1, 0.15) is 0 Å². The van der Waals surface area contributed by atoms with Gasteiger partial charge in [-0.1, -0.05) is 23.2 Å². The maximum absolute atomic E-state index is 12.9. The molecule has 4 nitrogen and oxygen atoms in total. The molecule has 1 aromatic rings. The van der Waals surface area contributed by atoms with E-state index in [1.54, 1.807) is 10.4 Å². The van der Waals surface area contributed by atoms with Gasteiger partial charge in [0.2, 0.25) is 10.0 Å². The first-order valence-corrected chi connectivity index (χ1v) is 9.38. The Morgan fingerprint density at radius 1 is 1.14 bits per heavy atom. The highest BCUT2D eigenvalue weighted by Crippen LogP contribution is 2.34. The van der Waals surface area contributed by atoms with E-state index in [0.717, 1.165) is 32.2 Å². The Kier molecular flexibility index (Phi) is 4.48. The van der Waals surface area contributed by atoms with Crippen molar-refractivity contribution in [3.8, 4) is 0 Å². The maximum Gasteiger partial charge on any atom is 0.243 e. The van der Waals surface area contributed by atoms with Crippen LogP contribution in [0.15, 0.2) is 23.1 Å². The fraction of sp³-hybridized carbons (Fsp3) is 0.571. The molecule has 3 rings (SSSR count). The summed E-state index contributed by atoms with van der Waals surface area (Å²) in [4.78, 5) is 0.185. The first kappa shape index (κ1) is 15.6. The number of hydrogen-bond acceptors (Lipinski definition) is 3. The minimum Gasteiger partial charge on any atom is -0.313 e. The minimum absolute atomic E-state index is 0.121. The number of benzene rings is 1. The lowest BCUT2D eigenvalue weighted by molar-refractivity contribution is 0.363. The molecule has 0 bridgehead atoms. The van der Waals surface area contributed by atoms with E-state index in [4.69, 9.17) is 23.2 Å². The van der Waals surface area contributed by atoms with Crippen molar-refractivity contribution in [2.75, 3.05) is 13.1 Å². The zero-order valence-corrected chi connectivity index (χ0v) is 13.9. The number of rotatable bonds is 5. The normalized spacial score (nSPS) is 22.9. The third-order valence-corrected chi connectivity index (χ3v) is 6.29. The fourth-order valence-corrected chi connectivity index (χ4v) is 5.21. The summed E-state index contributed by atoms with van der Waals surface area (Å²) in [6, 6.07) is 4.85. The molecule has 2 aliphatic rings. The zero-order valence-electron chi connectivity index (χ0n) is 11.6. The highest BCUT2D eigenvalue weighted by Gasteiger charge is 2.39. The Labute approximate surface area is 135 Å². The van der Waals surface area contributed by atoms with E-state index in [1.807, 2.05) is 0 Å². The monoisotopic (exact) mass is 348 g/mol. The molecule has 7 heteroatoms. The van der Waals surface area contributed by atoms with E-state index < -0.39 is 10.0 Å². The summed E-state index contributed by atoms with van der Waals surface area (Å²) in [5.74, 6) is 0. The Balaban J connectivity index is 1.89. The molecule has 0 aromatic heterocycles. The second kappa shape index (κ2) is 6.05. The molecule has 0 spiro atoms. The number of hydrogen-bond donors (Lipinski definition) is 1. The van der Waals surface area contributed by atoms with Gasteiger partial charge in [0.05, 0.1) is 4.90 Å². The first-order valence-electron chi connectivity index (χ1n) is 7.18. The van der Waals surface area contributed by atoms with E-state index >= 15 is 0 Å². The number of sulfonamides is 1. The van der Waals surface area contributed by atoms with E-state index in [2.05, 4.69) is 5.32 Å². The van der Waals surface area contributed by atoms with Crippen LogP contribution in [0.2, 0.25) is 10.0 Å². The van der Waals surface area contributed by atoms with Crippen LogP contribution in [-0.4, -0.2) is 37.9 Å². The van der Waals surface area contributed by atoms with Gasteiger partial charge >= 0.3 is 0 Å². The van der Waals surface area contributed by atoms with Crippen molar-refractivity contribution in [3.63, 3.8) is 0 Å². The maximum atomic E-state index is 12.9. The lowest BCUT2D eigenvalue weighted by Crippen LogP contribution is -2.42. The highest BCUT2D eigenvalue weighted by atomic mass is 35.5. The quantitative estimate of drug-likeness (QED) is 0.889. The van der Waals surface area contributed by atoms with Crippen molar-refractivity contribution >= 4 is 33.2 Å². The topological polar surface area (TPSA) is 49.4 Å². The van der Waals surface area contributed by atoms with Crippen molar-refractivity contribution in [1.82, 2.24) is 9.62 Å². The van der Waals surface area contributed by atoms with Crippen LogP contribution >= 0.6 is 23.2 Å². The Bertz CT molecular complexity index is 606. The predicted octanol–water partition coefficient (Wildman–Crippen LogP) is 2.90. The minimum atomic E-state index is -3.55. The summed E-state index contributed by atoms with van der Waals surface area (Å²) in [7, 11) is -3.55. The molecule has 1 unspecified atom stereocenters. The second-order valence-electron chi connectivity index (χ2n) is 5.70. The van der Waals surface area contributed by atoms with Crippen LogP contribution in [0.25, 0.3) is 0 Å². The Morgan fingerprint density at radius 2 is 1.81 bits per heavy atom. The van der Waals surface area contributed by atoms with Gasteiger partial charge in [0.15, 0.2) is 0 Å². The van der Waals surface area contributed by atoms with Gasteiger partial charge in [0.25, 0.3) is 0 Å². The number of halogens is 2. The van der Waals surface area contributed by atoms with Crippen LogP contribution in [0.5, 0.6) is 0 Å². The van der Waals surface area contributed by atoms with Crippen LogP contribution in [0.1, 0.15) is 25.7 Å². The third-order valence-electron chi connectivity index (χ3n) is 3.96. The molecular formula is C14H18Cl2N2O2S. The fourth-order valence-electron chi connectivity index (χ4n) is 2.75. The van der Waals surface area contributed by atoms with Crippen LogP contribution < -0.4 is 5.32 Å². The van der Waals surface area contributed by atoms with Crippen molar-refractivity contribution in [2.45, 2.75) is 42.7 Å². The summed E-state index contributed by atoms with van der Waals surface area (Å²) in [6.45, 7) is 1.49. The van der Waals surface area contributed by atoms with Gasteiger partial charge in [-0.25, -0.2) is 8.42 Å². The summed E-state index contributed by atoms with van der Waals surface area (Å²) in [5.41, 5.74) is 0. The molecule has 1 saturated carbocycles. The van der Waals surface area contributed by atoms with Crippen molar-refractivity contribution in [3.05, 3.63) is 28.2 Å². The van der Waals surface area contributed by atoms with Gasteiger partial charge in [-0.3, -0.25) is 0 Å². The molecule has 1 N–H and O–H groups in total. The lowest BCUT2D eigenvalue weighted by Gasteiger charge is -2.25. The predicted molar refractivity (Wildman–Crippen MR) is 84.4 cm³/mol.